The number of anilines is 1. The van der Waals surface area contributed by atoms with Gasteiger partial charge in [-0.3, -0.25) is 4.90 Å². The lowest BCUT2D eigenvalue weighted by atomic mass is 9.99. The minimum atomic E-state index is -0.00605. The van der Waals surface area contributed by atoms with E-state index in [1.54, 1.807) is 0 Å². The molecule has 4 rings (SSSR count). The molecule has 1 fully saturated rings. The van der Waals surface area contributed by atoms with Gasteiger partial charge in [0.05, 0.1) is 13.2 Å². The summed E-state index contributed by atoms with van der Waals surface area (Å²) in [7, 11) is 0. The molecule has 0 spiro atoms. The first-order chi connectivity index (χ1) is 15.0. The molecule has 6 heteroatoms. The largest absolute Gasteiger partial charge is 0.376 e. The van der Waals surface area contributed by atoms with Crippen LogP contribution in [0.2, 0.25) is 5.02 Å². The summed E-state index contributed by atoms with van der Waals surface area (Å²) in [4.78, 5) is 17.6. The molecule has 31 heavy (non-hydrogen) atoms. The zero-order chi connectivity index (χ0) is 21.8. The van der Waals surface area contributed by atoms with Crippen molar-refractivity contribution in [2.24, 2.45) is 5.92 Å². The third-order valence-corrected chi connectivity index (χ3v) is 6.37. The van der Waals surface area contributed by atoms with Crippen molar-refractivity contribution < 1.29 is 9.53 Å². The number of ether oxygens (including phenoxy) is 1. The molecule has 0 aromatic heterocycles. The van der Waals surface area contributed by atoms with Gasteiger partial charge in [0.2, 0.25) is 0 Å². The van der Waals surface area contributed by atoms with Gasteiger partial charge in [-0.2, -0.15) is 0 Å². The van der Waals surface area contributed by atoms with Crippen LogP contribution < -0.4 is 5.32 Å². The number of nitrogens with one attached hydrogen (secondary N) is 1. The minimum Gasteiger partial charge on any atom is -0.376 e. The summed E-state index contributed by atoms with van der Waals surface area (Å²) in [6.45, 7) is 9.19. The van der Waals surface area contributed by atoms with Crippen molar-refractivity contribution in [1.82, 2.24) is 9.80 Å². The molecule has 2 aromatic rings. The topological polar surface area (TPSA) is 44.8 Å². The highest BCUT2D eigenvalue weighted by Gasteiger charge is 2.31. The molecule has 0 bridgehead atoms. The standard InChI is InChI=1S/C25H32ClN3O2/c1-18(2)13-24-16-28(15-19-3-6-22(26)7-4-19)10-11-29(24)25(30)27-23-8-5-20-9-12-31-17-21(20)14-23/h3-8,14,18,24H,9-13,15-17H2,1-2H3,(H,27,30). The van der Waals surface area contributed by atoms with Gasteiger partial charge in [-0.25, -0.2) is 4.79 Å². The van der Waals surface area contributed by atoms with Gasteiger partial charge < -0.3 is 15.0 Å². The van der Waals surface area contributed by atoms with E-state index in [9.17, 15) is 4.79 Å². The van der Waals surface area contributed by atoms with Crippen molar-refractivity contribution in [1.29, 1.82) is 0 Å². The van der Waals surface area contributed by atoms with Gasteiger partial charge in [-0.1, -0.05) is 43.6 Å². The lowest BCUT2D eigenvalue weighted by Gasteiger charge is -2.42. The average molecular weight is 442 g/mol. The Morgan fingerprint density at radius 3 is 2.74 bits per heavy atom. The van der Waals surface area contributed by atoms with Crippen molar-refractivity contribution >= 4 is 23.3 Å². The Bertz CT molecular complexity index is 900. The molecule has 2 amide bonds. The van der Waals surface area contributed by atoms with Crippen LogP contribution in [0.3, 0.4) is 0 Å². The number of piperazine rings is 1. The maximum absolute atomic E-state index is 13.2. The van der Waals surface area contributed by atoms with Crippen molar-refractivity contribution in [2.45, 2.75) is 45.9 Å². The normalized spacial score (nSPS) is 19.4. The molecule has 2 aliphatic rings. The third kappa shape index (κ3) is 5.79. The van der Waals surface area contributed by atoms with E-state index in [1.807, 2.05) is 23.1 Å². The first kappa shape index (κ1) is 22.1. The number of urea groups is 1. The molecule has 0 aliphatic carbocycles. The predicted octanol–water partition coefficient (Wildman–Crippen LogP) is 5.18. The number of hydrogen-bond donors (Lipinski definition) is 1. The van der Waals surface area contributed by atoms with E-state index in [0.717, 1.165) is 56.3 Å². The molecular weight excluding hydrogens is 410 g/mol. The van der Waals surface area contributed by atoms with E-state index in [-0.39, 0.29) is 12.1 Å². The van der Waals surface area contributed by atoms with Crippen molar-refractivity contribution in [3.8, 4) is 0 Å². The van der Waals surface area contributed by atoms with E-state index >= 15 is 0 Å². The lowest BCUT2D eigenvalue weighted by Crippen LogP contribution is -2.56. The summed E-state index contributed by atoms with van der Waals surface area (Å²) >= 11 is 6.02. The third-order valence-electron chi connectivity index (χ3n) is 6.12. The highest BCUT2D eigenvalue weighted by molar-refractivity contribution is 6.30. The Labute approximate surface area is 190 Å². The van der Waals surface area contributed by atoms with Gasteiger partial charge in [-0.05, 0) is 59.7 Å². The molecule has 1 unspecified atom stereocenters. The number of carbonyl (C=O) groups is 1. The highest BCUT2D eigenvalue weighted by atomic mass is 35.5. The number of hydrogen-bond acceptors (Lipinski definition) is 3. The van der Waals surface area contributed by atoms with Crippen LogP contribution in [0.1, 0.15) is 37.0 Å². The fraction of sp³-hybridized carbons (Fsp3) is 0.480. The quantitative estimate of drug-likeness (QED) is 0.695. The molecule has 0 saturated carbocycles. The molecule has 166 valence electrons. The Morgan fingerprint density at radius 2 is 1.97 bits per heavy atom. The Balaban J connectivity index is 1.41. The number of fused-ring (bicyclic) bond motifs is 1. The first-order valence-electron chi connectivity index (χ1n) is 11.2. The molecule has 2 heterocycles. The Hall–Kier alpha value is -2.08. The lowest BCUT2D eigenvalue weighted by molar-refractivity contribution is 0.0855. The Morgan fingerprint density at radius 1 is 1.16 bits per heavy atom. The molecule has 1 N–H and O–H groups in total. The summed E-state index contributed by atoms with van der Waals surface area (Å²) < 4.78 is 5.56. The number of halogens is 1. The summed E-state index contributed by atoms with van der Waals surface area (Å²) in [6.07, 6.45) is 1.93. The van der Waals surface area contributed by atoms with Gasteiger partial charge in [0.25, 0.3) is 0 Å². The molecule has 2 aromatic carbocycles. The zero-order valence-corrected chi connectivity index (χ0v) is 19.2. The smallest absolute Gasteiger partial charge is 0.322 e. The van der Waals surface area contributed by atoms with Crippen molar-refractivity contribution in [3.05, 3.63) is 64.2 Å². The van der Waals surface area contributed by atoms with E-state index in [1.165, 1.54) is 16.7 Å². The van der Waals surface area contributed by atoms with Gasteiger partial charge >= 0.3 is 6.03 Å². The molecular formula is C25H32ClN3O2. The van der Waals surface area contributed by atoms with Crippen molar-refractivity contribution in [3.63, 3.8) is 0 Å². The van der Waals surface area contributed by atoms with Gasteiger partial charge in [0.1, 0.15) is 0 Å². The summed E-state index contributed by atoms with van der Waals surface area (Å²) in [5.41, 5.74) is 4.59. The van der Waals surface area contributed by atoms with E-state index in [4.69, 9.17) is 16.3 Å². The first-order valence-corrected chi connectivity index (χ1v) is 11.6. The van der Waals surface area contributed by atoms with Crippen LogP contribution in [0, 0.1) is 5.92 Å². The Kier molecular flexibility index (Phi) is 7.16. The molecule has 2 aliphatic heterocycles. The van der Waals surface area contributed by atoms with E-state index in [2.05, 4.69) is 48.3 Å². The van der Waals surface area contributed by atoms with Crippen LogP contribution >= 0.6 is 11.6 Å². The van der Waals surface area contributed by atoms with Crippen LogP contribution in [-0.2, 0) is 24.3 Å². The summed E-state index contributed by atoms with van der Waals surface area (Å²) in [6, 6.07) is 14.4. The fourth-order valence-electron chi connectivity index (χ4n) is 4.57. The molecule has 1 atom stereocenters. The van der Waals surface area contributed by atoms with E-state index in [0.29, 0.717) is 12.5 Å². The van der Waals surface area contributed by atoms with Crippen LogP contribution in [0.25, 0.3) is 0 Å². The second-order valence-electron chi connectivity index (χ2n) is 9.05. The minimum absolute atomic E-state index is 0.00605. The number of benzene rings is 2. The van der Waals surface area contributed by atoms with Crippen molar-refractivity contribution in [2.75, 3.05) is 31.6 Å². The summed E-state index contributed by atoms with van der Waals surface area (Å²) in [5.74, 6) is 0.525. The highest BCUT2D eigenvalue weighted by Crippen LogP contribution is 2.24. The number of rotatable bonds is 5. The van der Waals surface area contributed by atoms with Gasteiger partial charge in [-0.15, -0.1) is 0 Å². The number of carbonyl (C=O) groups excluding carboxylic acids is 1. The van der Waals surface area contributed by atoms with Crippen LogP contribution in [0.15, 0.2) is 42.5 Å². The van der Waals surface area contributed by atoms with E-state index < -0.39 is 0 Å². The molecule has 0 radical (unpaired) electrons. The number of nitrogens with zero attached hydrogens (tertiary/aromatic N) is 2. The maximum Gasteiger partial charge on any atom is 0.322 e. The van der Waals surface area contributed by atoms with Crippen LogP contribution in [-0.4, -0.2) is 48.1 Å². The van der Waals surface area contributed by atoms with Crippen LogP contribution in [0.5, 0.6) is 0 Å². The number of amides is 2. The second kappa shape index (κ2) is 10.0. The fourth-order valence-corrected chi connectivity index (χ4v) is 4.69. The molecule has 5 nitrogen and oxygen atoms in total. The maximum atomic E-state index is 13.2. The molecule has 1 saturated heterocycles. The van der Waals surface area contributed by atoms with Gasteiger partial charge in [0, 0.05) is 42.9 Å². The van der Waals surface area contributed by atoms with Crippen LogP contribution in [0.4, 0.5) is 10.5 Å². The zero-order valence-electron chi connectivity index (χ0n) is 18.4. The monoisotopic (exact) mass is 441 g/mol. The second-order valence-corrected chi connectivity index (χ2v) is 9.49. The predicted molar refractivity (Wildman–Crippen MR) is 125 cm³/mol. The van der Waals surface area contributed by atoms with Gasteiger partial charge in [0.15, 0.2) is 0 Å². The average Bonchev–Trinajstić information content (AvgIpc) is 2.75. The summed E-state index contributed by atoms with van der Waals surface area (Å²) in [5, 5.41) is 3.89. The SMILES string of the molecule is CC(C)CC1CN(Cc2ccc(Cl)cc2)CCN1C(=O)Nc1ccc2c(c1)COCC2.